The summed E-state index contributed by atoms with van der Waals surface area (Å²) in [6, 6.07) is 0. The molecule has 0 bridgehead atoms. The Balaban J connectivity index is 1.64. The number of amides is 1. The molecule has 1 fully saturated rings. The van der Waals surface area contributed by atoms with Crippen molar-refractivity contribution in [3.63, 3.8) is 0 Å². The molecule has 214 valence electrons. The minimum atomic E-state index is -1.46. The van der Waals surface area contributed by atoms with Gasteiger partial charge in [0.2, 0.25) is 0 Å². The molecular weight excluding hydrogens is 507 g/mol. The number of ether oxygens (including phenoxy) is 3. The summed E-state index contributed by atoms with van der Waals surface area (Å²) in [4.78, 5) is 36.4. The van der Waals surface area contributed by atoms with Crippen LogP contribution >= 0.6 is 0 Å². The number of nitrogens with zero attached hydrogens (tertiary/aromatic N) is 3. The zero-order valence-electron chi connectivity index (χ0n) is 22.8. The predicted octanol–water partition coefficient (Wildman–Crippen LogP) is 4.65. The summed E-state index contributed by atoms with van der Waals surface area (Å²) in [6.07, 6.45) is 13.2. The van der Waals surface area contributed by atoms with Crippen molar-refractivity contribution in [2.24, 2.45) is 10.9 Å². The van der Waals surface area contributed by atoms with Gasteiger partial charge in [0, 0.05) is 25.0 Å². The molecule has 3 heterocycles. The van der Waals surface area contributed by atoms with Gasteiger partial charge in [-0.3, -0.25) is 15.1 Å². The largest absolute Gasteiger partial charge is 0.458 e. The summed E-state index contributed by atoms with van der Waals surface area (Å²) in [5.41, 5.74) is -0.905. The fraction of sp³-hybridized carbons (Fsp3) is 0.679. The maximum Gasteiger partial charge on any atom is 0.412 e. The maximum atomic E-state index is 14.1. The lowest BCUT2D eigenvalue weighted by molar-refractivity contribution is -0.158. The number of carbonyl (C=O) groups is 2. The van der Waals surface area contributed by atoms with Crippen LogP contribution in [0.2, 0.25) is 0 Å². The summed E-state index contributed by atoms with van der Waals surface area (Å²) in [7, 11) is 0. The Morgan fingerprint density at radius 2 is 1.97 bits per heavy atom. The van der Waals surface area contributed by atoms with E-state index in [0.29, 0.717) is 18.5 Å². The minimum Gasteiger partial charge on any atom is -0.458 e. The number of halogens is 1. The quantitative estimate of drug-likeness (QED) is 0.158. The lowest BCUT2D eigenvalue weighted by Gasteiger charge is -2.27. The summed E-state index contributed by atoms with van der Waals surface area (Å²) in [5.74, 6) is 1.74. The predicted molar refractivity (Wildman–Crippen MR) is 143 cm³/mol. The Hall–Kier alpha value is -3.10. The fourth-order valence-electron chi connectivity index (χ4n) is 4.92. The van der Waals surface area contributed by atoms with Crippen molar-refractivity contribution >= 4 is 29.8 Å². The van der Waals surface area contributed by atoms with Crippen LogP contribution in [0.1, 0.15) is 83.7 Å². The van der Waals surface area contributed by atoms with Crippen LogP contribution in [0.3, 0.4) is 0 Å². The summed E-state index contributed by atoms with van der Waals surface area (Å²) < 4.78 is 30.8. The number of aromatic nitrogens is 2. The third-order valence-electron chi connectivity index (χ3n) is 7.08. The highest BCUT2D eigenvalue weighted by Gasteiger charge is 2.51. The molecule has 0 aliphatic carbocycles. The molecule has 0 aromatic carbocycles. The molecule has 0 saturated carbocycles. The van der Waals surface area contributed by atoms with Gasteiger partial charge in [-0.05, 0) is 26.2 Å². The van der Waals surface area contributed by atoms with E-state index >= 15 is 0 Å². The van der Waals surface area contributed by atoms with Gasteiger partial charge >= 0.3 is 18.1 Å². The van der Waals surface area contributed by atoms with Crippen molar-refractivity contribution in [3.8, 4) is 12.3 Å². The number of nitrogens with one attached hydrogen (secondary N) is 1. The number of anilines is 1. The Morgan fingerprint density at radius 3 is 2.67 bits per heavy atom. The fourth-order valence-corrected chi connectivity index (χ4v) is 4.92. The van der Waals surface area contributed by atoms with E-state index in [-0.39, 0.29) is 42.8 Å². The van der Waals surface area contributed by atoms with E-state index < -0.39 is 36.6 Å². The lowest BCUT2D eigenvalue weighted by Crippen LogP contribution is -2.44. The van der Waals surface area contributed by atoms with Gasteiger partial charge in [-0.1, -0.05) is 51.4 Å². The average molecular weight is 547 g/mol. The van der Waals surface area contributed by atoms with Crippen LogP contribution < -0.4 is 5.32 Å². The van der Waals surface area contributed by atoms with Crippen molar-refractivity contribution in [1.82, 2.24) is 9.97 Å². The standard InChI is InChI=1S/C28H39FN4O6/c1-4-7-8-9-10-11-12-13-23(35)38-22-16-21(39-28(22,5-2)18-34)19-14-15-20-24(30-17-19)25(32-26(29)31-20)33-27(36)37-6-3/h2,17,19,21-22,34H,4,6-16,18H2,1,3H3,(H,31,32,33,36)/t19?,21-,22+,28-/m1/s1. The molecular formula is C28H39FN4O6. The van der Waals surface area contributed by atoms with Crippen LogP contribution in [0.4, 0.5) is 20.7 Å². The van der Waals surface area contributed by atoms with Crippen molar-refractivity contribution < 1.29 is 33.3 Å². The van der Waals surface area contributed by atoms with Crippen molar-refractivity contribution in [2.75, 3.05) is 18.5 Å². The minimum absolute atomic E-state index is 0.0920. The number of hydrogen-bond acceptors (Lipinski definition) is 9. The van der Waals surface area contributed by atoms with E-state index in [1.807, 2.05) is 0 Å². The SMILES string of the molecule is C#C[C@]1(CO)O[C@@H](C2C=Nc3c(nc(F)nc3NC(=O)OCC)CC2)C[C@@H]1OC(=O)CCCCCCCCC. The Kier molecular flexibility index (Phi) is 11.6. The highest BCUT2D eigenvalue weighted by Crippen LogP contribution is 2.39. The molecule has 3 rings (SSSR count). The highest BCUT2D eigenvalue weighted by molar-refractivity contribution is 5.88. The Morgan fingerprint density at radius 1 is 1.23 bits per heavy atom. The number of fused-ring (bicyclic) bond motifs is 1. The summed E-state index contributed by atoms with van der Waals surface area (Å²) in [6.45, 7) is 3.45. The molecule has 1 amide bonds. The van der Waals surface area contributed by atoms with Crippen LogP contribution in [-0.2, 0) is 25.4 Å². The van der Waals surface area contributed by atoms with E-state index in [1.54, 1.807) is 13.1 Å². The van der Waals surface area contributed by atoms with Gasteiger partial charge in [-0.15, -0.1) is 6.42 Å². The monoisotopic (exact) mass is 546 g/mol. The first-order valence-electron chi connectivity index (χ1n) is 13.9. The second kappa shape index (κ2) is 14.9. The number of hydrogen-bond donors (Lipinski definition) is 2. The maximum absolute atomic E-state index is 14.1. The zero-order valence-corrected chi connectivity index (χ0v) is 22.8. The Bertz CT molecular complexity index is 1060. The highest BCUT2D eigenvalue weighted by atomic mass is 19.1. The van der Waals surface area contributed by atoms with Crippen molar-refractivity contribution in [1.29, 1.82) is 0 Å². The first-order chi connectivity index (χ1) is 18.9. The number of aliphatic hydroxyl groups excluding tert-OH is 1. The van der Waals surface area contributed by atoms with Gasteiger partial charge in [0.05, 0.1) is 25.0 Å². The molecule has 10 nitrogen and oxygen atoms in total. The topological polar surface area (TPSA) is 132 Å². The molecule has 39 heavy (non-hydrogen) atoms. The van der Waals surface area contributed by atoms with E-state index in [0.717, 1.165) is 25.7 Å². The van der Waals surface area contributed by atoms with Gasteiger partial charge in [0.25, 0.3) is 0 Å². The zero-order chi connectivity index (χ0) is 28.3. The number of terminal acetylenes is 1. The van der Waals surface area contributed by atoms with Gasteiger partial charge in [-0.2, -0.15) is 9.37 Å². The number of carbonyl (C=O) groups excluding carboxylic acids is 2. The number of aliphatic imine (C=N–C) groups is 1. The van der Waals surface area contributed by atoms with E-state index in [1.165, 1.54) is 19.3 Å². The Labute approximate surface area is 229 Å². The van der Waals surface area contributed by atoms with Crippen molar-refractivity contribution in [2.45, 2.75) is 102 Å². The number of aryl methyl sites for hydroxylation is 1. The molecule has 1 aromatic heterocycles. The molecule has 4 atom stereocenters. The summed E-state index contributed by atoms with van der Waals surface area (Å²) in [5, 5.41) is 12.5. The van der Waals surface area contributed by atoms with Crippen LogP contribution in [0.5, 0.6) is 0 Å². The van der Waals surface area contributed by atoms with E-state index in [9.17, 15) is 19.1 Å². The molecule has 0 radical (unpaired) electrons. The van der Waals surface area contributed by atoms with Gasteiger partial charge < -0.3 is 19.3 Å². The normalized spacial score (nSPS) is 23.9. The molecule has 1 unspecified atom stereocenters. The molecule has 2 N–H and O–H groups in total. The third kappa shape index (κ3) is 8.19. The number of unbranched alkanes of at least 4 members (excludes halogenated alkanes) is 6. The molecule has 2 aliphatic heterocycles. The second-order valence-electron chi connectivity index (χ2n) is 9.90. The molecule has 1 saturated heterocycles. The second-order valence-corrected chi connectivity index (χ2v) is 9.90. The number of aliphatic hydroxyl groups is 1. The van der Waals surface area contributed by atoms with Gasteiger partial charge in [-0.25, -0.2) is 9.78 Å². The van der Waals surface area contributed by atoms with Crippen LogP contribution in [0, 0.1) is 24.3 Å². The van der Waals surface area contributed by atoms with Crippen molar-refractivity contribution in [3.05, 3.63) is 11.8 Å². The smallest absolute Gasteiger partial charge is 0.412 e. The van der Waals surface area contributed by atoms with E-state index in [2.05, 4.69) is 33.1 Å². The first kappa shape index (κ1) is 30.4. The molecule has 11 heteroatoms. The molecule has 2 aliphatic rings. The van der Waals surface area contributed by atoms with Crippen LogP contribution in [0.25, 0.3) is 0 Å². The summed E-state index contributed by atoms with van der Waals surface area (Å²) >= 11 is 0. The lowest BCUT2D eigenvalue weighted by atomic mass is 9.92. The van der Waals surface area contributed by atoms with Gasteiger partial charge in [0.15, 0.2) is 11.4 Å². The molecule has 0 spiro atoms. The van der Waals surface area contributed by atoms with E-state index in [4.69, 9.17) is 20.6 Å². The third-order valence-corrected chi connectivity index (χ3v) is 7.08. The number of esters is 1. The van der Waals surface area contributed by atoms with Crippen LogP contribution in [0.15, 0.2) is 4.99 Å². The number of rotatable bonds is 13. The molecule has 1 aromatic rings. The van der Waals surface area contributed by atoms with Crippen LogP contribution in [-0.4, -0.2) is 64.4 Å². The van der Waals surface area contributed by atoms with Gasteiger partial charge in [0.1, 0.15) is 11.8 Å². The first-order valence-corrected chi connectivity index (χ1v) is 13.9. The average Bonchev–Trinajstić information content (AvgIpc) is 3.12.